The van der Waals surface area contributed by atoms with Crippen molar-refractivity contribution in [2.24, 2.45) is 0 Å². The molecule has 0 atom stereocenters. The Morgan fingerprint density at radius 3 is 2.54 bits per heavy atom. The van der Waals surface area contributed by atoms with Gasteiger partial charge in [0.05, 0.1) is 18.3 Å². The van der Waals surface area contributed by atoms with Gasteiger partial charge in [-0.2, -0.15) is 0 Å². The Morgan fingerprint density at radius 1 is 1.29 bits per heavy atom. The van der Waals surface area contributed by atoms with E-state index >= 15 is 0 Å². The Balaban J connectivity index is 2.01. The van der Waals surface area contributed by atoms with Crippen molar-refractivity contribution in [2.45, 2.75) is 33.2 Å². The van der Waals surface area contributed by atoms with Crippen LogP contribution in [0.2, 0.25) is 0 Å². The third kappa shape index (κ3) is 2.85. The fraction of sp³-hybridized carbons (Fsp3) is 0.278. The smallest absolute Gasteiger partial charge is 0.346 e. The van der Waals surface area contributed by atoms with Gasteiger partial charge in [0.15, 0.2) is 0 Å². The maximum absolute atomic E-state index is 12.7. The Hall–Kier alpha value is -2.47. The molecular weight excluding hydrogens is 324 g/mol. The maximum atomic E-state index is 12.7. The Morgan fingerprint density at radius 2 is 1.96 bits per heavy atom. The second-order valence-corrected chi connectivity index (χ2v) is 7.11. The van der Waals surface area contributed by atoms with E-state index < -0.39 is 5.97 Å². The first-order chi connectivity index (χ1) is 11.4. The lowest BCUT2D eigenvalue weighted by molar-refractivity contribution is 0.0701. The summed E-state index contributed by atoms with van der Waals surface area (Å²) in [6, 6.07) is 8.15. The van der Waals surface area contributed by atoms with E-state index in [-0.39, 0.29) is 10.4 Å². The normalized spacial score (nSPS) is 11.3. The SMILES string of the molecule is Cc1c(C(=O)O)sc2ncn(Cc3ccc(C(C)C)cc3)c(=O)c12. The van der Waals surface area contributed by atoms with Crippen molar-refractivity contribution in [1.82, 2.24) is 9.55 Å². The molecule has 0 amide bonds. The molecule has 0 saturated heterocycles. The molecule has 24 heavy (non-hydrogen) atoms. The van der Waals surface area contributed by atoms with Crippen molar-refractivity contribution in [3.8, 4) is 0 Å². The van der Waals surface area contributed by atoms with Gasteiger partial charge < -0.3 is 5.11 Å². The number of carboxylic acid groups (broad SMARTS) is 1. The lowest BCUT2D eigenvalue weighted by Gasteiger charge is -2.08. The third-order valence-corrected chi connectivity index (χ3v) is 5.30. The van der Waals surface area contributed by atoms with Crippen molar-refractivity contribution in [3.05, 3.63) is 62.5 Å². The molecule has 1 aromatic carbocycles. The molecule has 0 radical (unpaired) electrons. The number of aromatic carboxylic acids is 1. The fourth-order valence-corrected chi connectivity index (χ4v) is 3.66. The van der Waals surface area contributed by atoms with Crippen LogP contribution in [0.5, 0.6) is 0 Å². The number of rotatable bonds is 4. The van der Waals surface area contributed by atoms with E-state index in [1.54, 1.807) is 6.92 Å². The van der Waals surface area contributed by atoms with Gasteiger partial charge in [-0.15, -0.1) is 11.3 Å². The van der Waals surface area contributed by atoms with E-state index in [4.69, 9.17) is 0 Å². The highest BCUT2D eigenvalue weighted by Crippen LogP contribution is 2.26. The van der Waals surface area contributed by atoms with Crippen LogP contribution < -0.4 is 5.56 Å². The zero-order chi connectivity index (χ0) is 17.4. The lowest BCUT2D eigenvalue weighted by Crippen LogP contribution is -2.21. The molecule has 6 heteroatoms. The topological polar surface area (TPSA) is 72.2 Å². The summed E-state index contributed by atoms with van der Waals surface area (Å²) in [7, 11) is 0. The molecule has 0 aliphatic carbocycles. The molecule has 0 aliphatic heterocycles. The molecule has 0 bridgehead atoms. The van der Waals surface area contributed by atoms with Crippen LogP contribution in [-0.4, -0.2) is 20.6 Å². The van der Waals surface area contributed by atoms with Crippen molar-refractivity contribution in [3.63, 3.8) is 0 Å². The molecule has 124 valence electrons. The molecule has 5 nitrogen and oxygen atoms in total. The summed E-state index contributed by atoms with van der Waals surface area (Å²) < 4.78 is 1.53. The molecule has 2 heterocycles. The van der Waals surface area contributed by atoms with Gasteiger partial charge in [0.2, 0.25) is 0 Å². The van der Waals surface area contributed by atoms with Gasteiger partial charge in [-0.3, -0.25) is 9.36 Å². The van der Waals surface area contributed by atoms with Crippen LogP contribution in [0.1, 0.15) is 46.1 Å². The van der Waals surface area contributed by atoms with Crippen molar-refractivity contribution >= 4 is 27.5 Å². The zero-order valence-electron chi connectivity index (χ0n) is 13.7. The van der Waals surface area contributed by atoms with E-state index in [9.17, 15) is 14.7 Å². The average molecular weight is 342 g/mol. The minimum atomic E-state index is -1.02. The molecule has 2 aromatic heterocycles. The number of aromatic nitrogens is 2. The van der Waals surface area contributed by atoms with Crippen molar-refractivity contribution in [1.29, 1.82) is 0 Å². The largest absolute Gasteiger partial charge is 0.477 e. The minimum Gasteiger partial charge on any atom is -0.477 e. The van der Waals surface area contributed by atoms with Gasteiger partial charge in [0.1, 0.15) is 9.71 Å². The van der Waals surface area contributed by atoms with Gasteiger partial charge in [-0.25, -0.2) is 9.78 Å². The number of carboxylic acids is 1. The molecule has 0 aliphatic rings. The number of carbonyl (C=O) groups is 1. The number of hydrogen-bond donors (Lipinski definition) is 1. The molecule has 0 unspecified atom stereocenters. The molecule has 0 fully saturated rings. The molecule has 1 N–H and O–H groups in total. The predicted octanol–water partition coefficient (Wildman–Crippen LogP) is 3.64. The maximum Gasteiger partial charge on any atom is 0.346 e. The number of benzene rings is 1. The highest BCUT2D eigenvalue weighted by molar-refractivity contribution is 7.20. The van der Waals surface area contributed by atoms with Gasteiger partial charge in [0, 0.05) is 0 Å². The summed E-state index contributed by atoms with van der Waals surface area (Å²) >= 11 is 1.04. The second kappa shape index (κ2) is 6.20. The van der Waals surface area contributed by atoms with Crippen LogP contribution in [0.3, 0.4) is 0 Å². The number of thiophene rings is 1. The summed E-state index contributed by atoms with van der Waals surface area (Å²) in [5.41, 5.74) is 2.55. The number of aryl methyl sites for hydroxylation is 1. The van der Waals surface area contributed by atoms with Gasteiger partial charge in [-0.05, 0) is 29.5 Å². The molecule has 0 spiro atoms. The number of nitrogens with zero attached hydrogens (tertiary/aromatic N) is 2. The Bertz CT molecular complexity index is 968. The molecule has 3 rings (SSSR count). The molecular formula is C18H18N2O3S. The zero-order valence-corrected chi connectivity index (χ0v) is 14.6. The lowest BCUT2D eigenvalue weighted by atomic mass is 10.0. The van der Waals surface area contributed by atoms with E-state index in [1.807, 2.05) is 12.1 Å². The van der Waals surface area contributed by atoms with Crippen LogP contribution in [0, 0.1) is 6.92 Å². The van der Waals surface area contributed by atoms with Crippen LogP contribution in [0.4, 0.5) is 0 Å². The molecule has 3 aromatic rings. The second-order valence-electron chi connectivity index (χ2n) is 6.12. The van der Waals surface area contributed by atoms with Crippen molar-refractivity contribution < 1.29 is 9.90 Å². The minimum absolute atomic E-state index is 0.175. The fourth-order valence-electron chi connectivity index (χ4n) is 2.68. The van der Waals surface area contributed by atoms with Crippen LogP contribution >= 0.6 is 11.3 Å². The van der Waals surface area contributed by atoms with Gasteiger partial charge in [0.25, 0.3) is 5.56 Å². The van der Waals surface area contributed by atoms with E-state index in [0.717, 1.165) is 16.9 Å². The van der Waals surface area contributed by atoms with Gasteiger partial charge in [-0.1, -0.05) is 38.1 Å². The van der Waals surface area contributed by atoms with Gasteiger partial charge >= 0.3 is 5.97 Å². The van der Waals surface area contributed by atoms with Crippen molar-refractivity contribution in [2.75, 3.05) is 0 Å². The van der Waals surface area contributed by atoms with E-state index in [0.29, 0.717) is 28.2 Å². The third-order valence-electron chi connectivity index (χ3n) is 4.11. The average Bonchev–Trinajstić information content (AvgIpc) is 2.88. The van der Waals surface area contributed by atoms with Crippen LogP contribution in [-0.2, 0) is 6.54 Å². The standard InChI is InChI=1S/C18H18N2O3S/c1-10(2)13-6-4-12(5-7-13)8-20-9-19-16-14(17(20)21)11(3)15(24-16)18(22)23/h4-7,9-10H,8H2,1-3H3,(H,22,23). The Kier molecular flexibility index (Phi) is 4.24. The predicted molar refractivity (Wildman–Crippen MR) is 95.2 cm³/mol. The number of fused-ring (bicyclic) bond motifs is 1. The first-order valence-corrected chi connectivity index (χ1v) is 8.50. The molecule has 0 saturated carbocycles. The monoisotopic (exact) mass is 342 g/mol. The number of hydrogen-bond acceptors (Lipinski definition) is 4. The highest BCUT2D eigenvalue weighted by Gasteiger charge is 2.18. The summed E-state index contributed by atoms with van der Waals surface area (Å²) in [6.45, 7) is 6.35. The van der Waals surface area contributed by atoms with Crippen LogP contribution in [0.25, 0.3) is 10.2 Å². The summed E-state index contributed by atoms with van der Waals surface area (Å²) in [4.78, 5) is 28.9. The van der Waals surface area contributed by atoms with E-state index in [2.05, 4.69) is 31.0 Å². The first kappa shape index (κ1) is 16.4. The first-order valence-electron chi connectivity index (χ1n) is 7.69. The van der Waals surface area contributed by atoms with Crippen LogP contribution in [0.15, 0.2) is 35.4 Å². The quantitative estimate of drug-likeness (QED) is 0.786. The summed E-state index contributed by atoms with van der Waals surface area (Å²) in [6.07, 6.45) is 1.49. The summed E-state index contributed by atoms with van der Waals surface area (Å²) in [5.74, 6) is -0.562. The highest BCUT2D eigenvalue weighted by atomic mass is 32.1. The van der Waals surface area contributed by atoms with E-state index in [1.165, 1.54) is 16.5 Å². The Labute approximate surface area is 143 Å². The summed E-state index contributed by atoms with van der Waals surface area (Å²) in [5, 5.41) is 9.61.